The third kappa shape index (κ3) is 4.05. The van der Waals surface area contributed by atoms with Gasteiger partial charge in [0.1, 0.15) is 4.21 Å². The number of thiophene rings is 2. The van der Waals surface area contributed by atoms with E-state index in [0.29, 0.717) is 19.0 Å². The minimum absolute atomic E-state index is 0.0109. The van der Waals surface area contributed by atoms with Crippen molar-refractivity contribution in [2.75, 3.05) is 33.3 Å². The van der Waals surface area contributed by atoms with Gasteiger partial charge in [0.05, 0.1) is 17.6 Å². The number of methoxy groups -OCH3 is 1. The number of fused-ring (bicyclic) bond motifs is 1. The molecule has 1 aliphatic carbocycles. The highest BCUT2D eigenvalue weighted by Gasteiger charge is 2.33. The molecule has 30 heavy (non-hydrogen) atoms. The number of amides is 1. The molecule has 10 heteroatoms. The highest BCUT2D eigenvalue weighted by Crippen LogP contribution is 2.33. The van der Waals surface area contributed by atoms with Crippen molar-refractivity contribution in [2.45, 2.75) is 30.4 Å². The molecular weight excluding hydrogens is 444 g/mol. The molecule has 1 fully saturated rings. The Balaban J connectivity index is 1.41. The zero-order valence-electron chi connectivity index (χ0n) is 16.9. The fourth-order valence-corrected chi connectivity index (χ4v) is 7.80. The molecule has 1 unspecified atom stereocenters. The number of aryl methyl sites for hydroxylation is 1. The zero-order chi connectivity index (χ0) is 21.5. The van der Waals surface area contributed by atoms with E-state index < -0.39 is 16.0 Å². The molecule has 2 aromatic rings. The van der Waals surface area contributed by atoms with Gasteiger partial charge in [0.2, 0.25) is 0 Å². The van der Waals surface area contributed by atoms with Crippen molar-refractivity contribution in [3.8, 4) is 0 Å². The molecule has 1 atom stereocenters. The molecule has 4 rings (SSSR count). The van der Waals surface area contributed by atoms with E-state index in [1.807, 2.05) is 6.07 Å². The lowest BCUT2D eigenvalue weighted by Gasteiger charge is -2.33. The fourth-order valence-electron chi connectivity index (χ4n) is 3.90. The number of hydrogen-bond donors (Lipinski definition) is 0. The summed E-state index contributed by atoms with van der Waals surface area (Å²) in [7, 11) is -2.44. The largest absolute Gasteiger partial charge is 0.465 e. The van der Waals surface area contributed by atoms with Crippen LogP contribution in [0.4, 0.5) is 0 Å². The van der Waals surface area contributed by atoms with Gasteiger partial charge in [-0.05, 0) is 42.9 Å². The van der Waals surface area contributed by atoms with Crippen molar-refractivity contribution in [3.05, 3.63) is 38.4 Å². The van der Waals surface area contributed by atoms with Crippen LogP contribution in [-0.4, -0.2) is 62.8 Å². The quantitative estimate of drug-likeness (QED) is 0.645. The molecular formula is C20H24N2O5S3. The van der Waals surface area contributed by atoms with Crippen LogP contribution in [0.3, 0.4) is 0 Å². The molecule has 1 aliphatic heterocycles. The molecule has 2 aromatic heterocycles. The molecule has 0 radical (unpaired) electrons. The first-order chi connectivity index (χ1) is 14.3. The van der Waals surface area contributed by atoms with Crippen LogP contribution in [0, 0.1) is 5.92 Å². The second-order valence-electron chi connectivity index (χ2n) is 7.75. The van der Waals surface area contributed by atoms with Gasteiger partial charge in [0.15, 0.2) is 0 Å². The molecule has 0 aromatic carbocycles. The topological polar surface area (TPSA) is 84.0 Å². The van der Waals surface area contributed by atoms with Crippen LogP contribution < -0.4 is 0 Å². The maximum atomic E-state index is 13.0. The summed E-state index contributed by atoms with van der Waals surface area (Å²) in [5, 5.41) is 1.48. The second-order valence-corrected chi connectivity index (χ2v) is 12.0. The Labute approximate surface area is 184 Å². The maximum Gasteiger partial charge on any atom is 0.338 e. The Kier molecular flexibility index (Phi) is 6.02. The predicted octanol–water partition coefficient (Wildman–Crippen LogP) is 2.87. The summed E-state index contributed by atoms with van der Waals surface area (Å²) in [6.45, 7) is 3.42. The lowest BCUT2D eigenvalue weighted by molar-refractivity contribution is 0.0600. The van der Waals surface area contributed by atoms with Crippen LogP contribution in [0.25, 0.3) is 0 Å². The maximum absolute atomic E-state index is 13.0. The fraction of sp³-hybridized carbons (Fsp3) is 0.500. The van der Waals surface area contributed by atoms with Crippen molar-refractivity contribution >= 4 is 44.6 Å². The Morgan fingerprint density at radius 3 is 2.60 bits per heavy atom. The highest BCUT2D eigenvalue weighted by molar-refractivity contribution is 7.91. The van der Waals surface area contributed by atoms with E-state index in [9.17, 15) is 18.0 Å². The summed E-state index contributed by atoms with van der Waals surface area (Å²) in [4.78, 5) is 28.4. The number of hydrogen-bond acceptors (Lipinski definition) is 7. The Morgan fingerprint density at radius 1 is 1.17 bits per heavy atom. The van der Waals surface area contributed by atoms with Gasteiger partial charge in [0.25, 0.3) is 15.9 Å². The van der Waals surface area contributed by atoms with Crippen LogP contribution in [0.5, 0.6) is 0 Å². The molecule has 1 saturated heterocycles. The summed E-state index contributed by atoms with van der Waals surface area (Å²) in [6.07, 6.45) is 3.23. The van der Waals surface area contributed by atoms with Gasteiger partial charge in [-0.2, -0.15) is 4.31 Å². The summed E-state index contributed by atoms with van der Waals surface area (Å²) >= 11 is 2.59. The van der Waals surface area contributed by atoms with Crippen LogP contribution in [-0.2, 0) is 27.6 Å². The first-order valence-corrected chi connectivity index (χ1v) is 13.0. The first-order valence-electron chi connectivity index (χ1n) is 9.87. The van der Waals surface area contributed by atoms with E-state index in [4.69, 9.17) is 0 Å². The van der Waals surface area contributed by atoms with Crippen LogP contribution in [0.2, 0.25) is 0 Å². The van der Waals surface area contributed by atoms with E-state index in [1.54, 1.807) is 16.2 Å². The van der Waals surface area contributed by atoms with E-state index in [1.165, 1.54) is 33.3 Å². The Morgan fingerprint density at radius 2 is 1.90 bits per heavy atom. The minimum atomic E-state index is -3.70. The molecule has 7 nitrogen and oxygen atoms in total. The van der Waals surface area contributed by atoms with Crippen molar-refractivity contribution in [1.29, 1.82) is 0 Å². The highest BCUT2D eigenvalue weighted by atomic mass is 32.2. The second kappa shape index (κ2) is 8.41. The third-order valence-corrected chi connectivity index (χ3v) is 10.2. The molecule has 0 spiro atoms. The number of ether oxygens (including phenoxy) is 1. The number of esters is 1. The van der Waals surface area contributed by atoms with Gasteiger partial charge in [0, 0.05) is 36.4 Å². The van der Waals surface area contributed by atoms with E-state index >= 15 is 0 Å². The number of carbonyl (C=O) groups excluding carboxylic acids is 2. The van der Waals surface area contributed by atoms with Gasteiger partial charge in [-0.15, -0.1) is 22.7 Å². The molecule has 162 valence electrons. The summed E-state index contributed by atoms with van der Waals surface area (Å²) in [5.41, 5.74) is 1.52. The number of rotatable bonds is 4. The van der Waals surface area contributed by atoms with Crippen molar-refractivity contribution in [3.63, 3.8) is 0 Å². The van der Waals surface area contributed by atoms with Crippen molar-refractivity contribution in [1.82, 2.24) is 9.21 Å². The summed E-state index contributed by atoms with van der Waals surface area (Å²) in [6, 6.07) is 3.38. The predicted molar refractivity (Wildman–Crippen MR) is 116 cm³/mol. The van der Waals surface area contributed by atoms with Crippen LogP contribution in [0.1, 0.15) is 43.8 Å². The lowest BCUT2D eigenvalue weighted by Crippen LogP contribution is -2.50. The molecule has 0 N–H and O–H groups in total. The van der Waals surface area contributed by atoms with E-state index in [2.05, 4.69) is 11.7 Å². The van der Waals surface area contributed by atoms with Gasteiger partial charge >= 0.3 is 5.97 Å². The minimum Gasteiger partial charge on any atom is -0.465 e. The Hall–Kier alpha value is -1.75. The lowest BCUT2D eigenvalue weighted by atomic mass is 9.90. The van der Waals surface area contributed by atoms with Gasteiger partial charge < -0.3 is 9.64 Å². The van der Waals surface area contributed by atoms with E-state index in [0.717, 1.165) is 35.5 Å². The van der Waals surface area contributed by atoms with Gasteiger partial charge in [-0.25, -0.2) is 13.2 Å². The smallest absolute Gasteiger partial charge is 0.338 e. The molecule has 1 amide bonds. The van der Waals surface area contributed by atoms with Crippen molar-refractivity contribution in [2.24, 2.45) is 5.92 Å². The van der Waals surface area contributed by atoms with E-state index in [-0.39, 0.29) is 28.8 Å². The SMILES string of the molecule is COC(=O)c1csc(S(=O)(=O)N2CCN(C(=O)c3cc4c(s3)CCC(C)C4)CC2)c1. The zero-order valence-corrected chi connectivity index (χ0v) is 19.4. The average Bonchev–Trinajstić information content (AvgIpc) is 3.40. The van der Waals surface area contributed by atoms with Crippen LogP contribution >= 0.6 is 22.7 Å². The van der Waals surface area contributed by atoms with Gasteiger partial charge in [-0.3, -0.25) is 4.79 Å². The first kappa shape index (κ1) is 21.5. The molecule has 3 heterocycles. The normalized spacial score (nSPS) is 20.1. The third-order valence-electron chi connectivity index (χ3n) is 5.66. The number of nitrogens with zero attached hydrogens (tertiary/aromatic N) is 2. The molecule has 2 aliphatic rings. The van der Waals surface area contributed by atoms with Gasteiger partial charge in [-0.1, -0.05) is 6.92 Å². The van der Waals surface area contributed by atoms with Crippen LogP contribution in [0.15, 0.2) is 21.7 Å². The molecule has 0 saturated carbocycles. The Bertz CT molecular complexity index is 1060. The monoisotopic (exact) mass is 468 g/mol. The summed E-state index contributed by atoms with van der Waals surface area (Å²) in [5.74, 6) is 0.0834. The standard InChI is InChI=1S/C20H24N2O5S3/c1-13-3-4-16-14(9-13)10-17(29-16)19(23)21-5-7-22(8-6-21)30(25,26)18-11-15(12-28-18)20(24)27-2/h10-13H,3-9H2,1-2H3. The number of sulfonamides is 1. The average molecular weight is 469 g/mol. The molecule has 0 bridgehead atoms. The van der Waals surface area contributed by atoms with Crippen molar-refractivity contribution < 1.29 is 22.7 Å². The summed E-state index contributed by atoms with van der Waals surface area (Å²) < 4.78 is 31.9. The number of carbonyl (C=O) groups is 2. The number of piperazine rings is 1.